The van der Waals surface area contributed by atoms with Crippen molar-refractivity contribution < 1.29 is 23.1 Å². The molecule has 0 saturated heterocycles. The van der Waals surface area contributed by atoms with Gasteiger partial charge in [0.25, 0.3) is 0 Å². The Kier molecular flexibility index (Phi) is 8.21. The Bertz CT molecular complexity index is 1190. The Morgan fingerprint density at radius 3 is 1.57 bits per heavy atom. The van der Waals surface area contributed by atoms with Crippen molar-refractivity contribution in [2.45, 2.75) is 18.8 Å². The molecule has 0 heterocycles. The molecule has 4 rings (SSSR count). The van der Waals surface area contributed by atoms with E-state index in [1.165, 1.54) is 0 Å². The fourth-order valence-electron chi connectivity index (χ4n) is 3.38. The van der Waals surface area contributed by atoms with Crippen molar-refractivity contribution in [1.82, 2.24) is 5.32 Å². The van der Waals surface area contributed by atoms with E-state index < -0.39 is 19.5 Å². The molecule has 0 saturated carbocycles. The number of benzene rings is 4. The number of nitrogens with one attached hydrogen (secondary N) is 1. The summed E-state index contributed by atoms with van der Waals surface area (Å²) >= 11 is 0. The summed E-state index contributed by atoms with van der Waals surface area (Å²) in [4.78, 5) is 12.8. The quantitative estimate of drug-likeness (QED) is 0.248. The van der Waals surface area contributed by atoms with Crippen LogP contribution in [-0.2, 0) is 22.3 Å². The summed E-state index contributed by atoms with van der Waals surface area (Å²) in [6.07, 6.45) is -0.513. The summed E-state index contributed by atoms with van der Waals surface area (Å²) in [7, 11) is -4.00. The molecule has 0 aliphatic carbocycles. The predicted molar refractivity (Wildman–Crippen MR) is 135 cm³/mol. The molecule has 1 amide bonds. The number of alkyl carbamates (subject to hydrolysis) is 1. The average molecular weight is 487 g/mol. The first-order chi connectivity index (χ1) is 17.1. The molecule has 0 aliphatic heterocycles. The van der Waals surface area contributed by atoms with Crippen molar-refractivity contribution in [3.63, 3.8) is 0 Å². The molecule has 6 nitrogen and oxygen atoms in total. The minimum atomic E-state index is -4.00. The third kappa shape index (κ3) is 7.23. The normalized spacial score (nSPS) is 11.8. The third-order valence-electron chi connectivity index (χ3n) is 5.10. The Balaban J connectivity index is 1.61. The van der Waals surface area contributed by atoms with Gasteiger partial charge in [0.1, 0.15) is 18.1 Å². The summed E-state index contributed by atoms with van der Waals surface area (Å²) < 4.78 is 31.7. The average Bonchev–Trinajstić information content (AvgIpc) is 2.89. The second-order valence-electron chi connectivity index (χ2n) is 7.76. The minimum absolute atomic E-state index is 0.0775. The summed E-state index contributed by atoms with van der Waals surface area (Å²) in [5.74, 6) is -0.290. The molecule has 1 N–H and O–H groups in total. The first kappa shape index (κ1) is 24.1. The summed E-state index contributed by atoms with van der Waals surface area (Å²) in [5, 5.41) is 2.74. The molecule has 0 aliphatic rings. The van der Waals surface area contributed by atoms with Crippen LogP contribution >= 0.6 is 7.60 Å². The Hall–Kier alpha value is -4.02. The van der Waals surface area contributed by atoms with Gasteiger partial charge in [0.15, 0.2) is 5.78 Å². The van der Waals surface area contributed by atoms with Gasteiger partial charge in [-0.25, -0.2) is 9.36 Å². The van der Waals surface area contributed by atoms with Crippen LogP contribution in [0.15, 0.2) is 121 Å². The van der Waals surface area contributed by atoms with Crippen LogP contribution in [0, 0.1) is 0 Å². The monoisotopic (exact) mass is 487 g/mol. The van der Waals surface area contributed by atoms with Crippen LogP contribution < -0.4 is 14.4 Å². The van der Waals surface area contributed by atoms with Crippen LogP contribution in [0.1, 0.15) is 11.1 Å². The van der Waals surface area contributed by atoms with E-state index in [-0.39, 0.29) is 13.0 Å². The highest BCUT2D eigenvalue weighted by atomic mass is 31.2. The number of amides is 1. The van der Waals surface area contributed by atoms with Crippen LogP contribution in [0.25, 0.3) is 0 Å². The van der Waals surface area contributed by atoms with Gasteiger partial charge in [-0.1, -0.05) is 97.1 Å². The fraction of sp³-hybridized carbons (Fsp3) is 0.107. The smallest absolute Gasteiger partial charge is 0.445 e. The van der Waals surface area contributed by atoms with Gasteiger partial charge >= 0.3 is 13.7 Å². The standard InChI is InChI=1S/C28H26NO5P/c30-28(32-22-24-15-7-2-8-16-24)29-27(21-23-13-5-1-6-14-23)35(31,33-25-17-9-3-10-18-25)34-26-19-11-4-12-20-26/h1-20,27H,21-22H2,(H,29,30)/t27-/m1/s1. The third-order valence-corrected chi connectivity index (χ3v) is 7.11. The lowest BCUT2D eigenvalue weighted by molar-refractivity contribution is 0.137. The van der Waals surface area contributed by atoms with Crippen LogP contribution in [-0.4, -0.2) is 11.9 Å². The maximum Gasteiger partial charge on any atom is 0.453 e. The van der Waals surface area contributed by atoms with Gasteiger partial charge < -0.3 is 19.1 Å². The van der Waals surface area contributed by atoms with Crippen molar-refractivity contribution in [1.29, 1.82) is 0 Å². The first-order valence-corrected chi connectivity index (χ1v) is 12.8. The molecule has 0 fully saturated rings. The van der Waals surface area contributed by atoms with E-state index >= 15 is 0 Å². The minimum Gasteiger partial charge on any atom is -0.445 e. The second-order valence-corrected chi connectivity index (χ2v) is 9.83. The molecular formula is C28H26NO5P. The zero-order valence-corrected chi connectivity index (χ0v) is 19.9. The lowest BCUT2D eigenvalue weighted by Gasteiger charge is -2.28. The molecule has 7 heteroatoms. The van der Waals surface area contributed by atoms with Crippen molar-refractivity contribution in [3.8, 4) is 11.5 Å². The zero-order chi connectivity index (χ0) is 24.3. The summed E-state index contributed by atoms with van der Waals surface area (Å²) in [5.41, 5.74) is 1.70. The van der Waals surface area contributed by atoms with E-state index in [2.05, 4.69) is 5.32 Å². The van der Waals surface area contributed by atoms with Gasteiger partial charge in [-0.15, -0.1) is 0 Å². The first-order valence-electron chi connectivity index (χ1n) is 11.2. The van der Waals surface area contributed by atoms with E-state index in [0.717, 1.165) is 11.1 Å². The molecule has 1 atom stereocenters. The van der Waals surface area contributed by atoms with Gasteiger partial charge in [-0.3, -0.25) is 0 Å². The second kappa shape index (κ2) is 11.9. The van der Waals surface area contributed by atoms with Crippen molar-refractivity contribution in [3.05, 3.63) is 132 Å². The molecule has 4 aromatic carbocycles. The highest BCUT2D eigenvalue weighted by Gasteiger charge is 2.41. The summed E-state index contributed by atoms with van der Waals surface area (Å²) in [6.45, 7) is 0.0775. The SMILES string of the molecule is O=C(N[C@@H](Cc1ccccc1)P(=O)(Oc1ccccc1)Oc1ccccc1)OCc1ccccc1. The molecule has 0 radical (unpaired) electrons. The lowest BCUT2D eigenvalue weighted by Crippen LogP contribution is -2.39. The van der Waals surface area contributed by atoms with Crippen LogP contribution in [0.4, 0.5) is 4.79 Å². The topological polar surface area (TPSA) is 73.9 Å². The van der Waals surface area contributed by atoms with Crippen molar-refractivity contribution in [2.75, 3.05) is 0 Å². The number of hydrogen-bond donors (Lipinski definition) is 1. The Labute approximate surface area is 205 Å². The molecule has 0 spiro atoms. The van der Waals surface area contributed by atoms with E-state index in [9.17, 15) is 9.36 Å². The molecule has 4 aromatic rings. The number of para-hydroxylation sites is 2. The number of carbonyl (C=O) groups excluding carboxylic acids is 1. The molecule has 35 heavy (non-hydrogen) atoms. The summed E-state index contributed by atoms with van der Waals surface area (Å²) in [6, 6.07) is 36.3. The van der Waals surface area contributed by atoms with Gasteiger partial charge in [-0.2, -0.15) is 0 Å². The number of carbonyl (C=O) groups is 1. The Morgan fingerprint density at radius 1 is 0.657 bits per heavy atom. The van der Waals surface area contributed by atoms with Gasteiger partial charge in [0.2, 0.25) is 0 Å². The van der Waals surface area contributed by atoms with Crippen LogP contribution in [0.3, 0.4) is 0 Å². The van der Waals surface area contributed by atoms with E-state index in [0.29, 0.717) is 11.5 Å². The molecule has 0 bridgehead atoms. The zero-order valence-electron chi connectivity index (χ0n) is 19.0. The molecule has 178 valence electrons. The van der Waals surface area contributed by atoms with E-state index in [4.69, 9.17) is 13.8 Å². The fourth-order valence-corrected chi connectivity index (χ4v) is 5.20. The number of ether oxygens (including phenoxy) is 1. The van der Waals surface area contributed by atoms with Crippen molar-refractivity contribution in [2.24, 2.45) is 0 Å². The Morgan fingerprint density at radius 2 is 1.09 bits per heavy atom. The van der Waals surface area contributed by atoms with E-state index in [1.54, 1.807) is 48.5 Å². The molecular weight excluding hydrogens is 461 g/mol. The highest BCUT2D eigenvalue weighted by Crippen LogP contribution is 2.53. The van der Waals surface area contributed by atoms with E-state index in [1.807, 2.05) is 72.8 Å². The lowest BCUT2D eigenvalue weighted by atomic mass is 10.1. The number of hydrogen-bond acceptors (Lipinski definition) is 5. The van der Waals surface area contributed by atoms with Crippen LogP contribution in [0.2, 0.25) is 0 Å². The van der Waals surface area contributed by atoms with Crippen molar-refractivity contribution >= 4 is 13.7 Å². The largest absolute Gasteiger partial charge is 0.453 e. The highest BCUT2D eigenvalue weighted by molar-refractivity contribution is 7.55. The predicted octanol–water partition coefficient (Wildman–Crippen LogP) is 6.83. The molecule has 0 unspecified atom stereocenters. The van der Waals surface area contributed by atoms with Gasteiger partial charge in [-0.05, 0) is 35.4 Å². The van der Waals surface area contributed by atoms with Gasteiger partial charge in [0.05, 0.1) is 0 Å². The maximum atomic E-state index is 14.4. The maximum absolute atomic E-state index is 14.4. The molecule has 0 aromatic heterocycles. The van der Waals surface area contributed by atoms with Gasteiger partial charge in [0, 0.05) is 6.42 Å². The number of rotatable bonds is 10. The van der Waals surface area contributed by atoms with Crippen LogP contribution in [0.5, 0.6) is 11.5 Å².